The Bertz CT molecular complexity index is 881. The van der Waals surface area contributed by atoms with E-state index in [2.05, 4.69) is 24.0 Å². The molecule has 1 aromatic heterocycles. The summed E-state index contributed by atoms with van der Waals surface area (Å²) in [5, 5.41) is 20.0. The molecule has 2 aromatic rings. The van der Waals surface area contributed by atoms with Crippen LogP contribution in [-0.4, -0.2) is 33.2 Å². The average molecular weight is 380 g/mol. The first-order chi connectivity index (χ1) is 13.3. The second kappa shape index (κ2) is 8.38. The minimum absolute atomic E-state index is 0.0483. The topological polar surface area (TPSA) is 70.4 Å². The highest BCUT2D eigenvalue weighted by atomic mass is 16.3. The molecule has 2 atom stereocenters. The predicted octanol–water partition coefficient (Wildman–Crippen LogP) is 4.13. The molecule has 1 unspecified atom stereocenters. The van der Waals surface area contributed by atoms with Gasteiger partial charge in [0, 0.05) is 24.4 Å². The van der Waals surface area contributed by atoms with Gasteiger partial charge in [0.25, 0.3) is 0 Å². The summed E-state index contributed by atoms with van der Waals surface area (Å²) >= 11 is 0. The van der Waals surface area contributed by atoms with Crippen molar-refractivity contribution in [2.45, 2.75) is 52.1 Å². The van der Waals surface area contributed by atoms with Gasteiger partial charge < -0.3 is 10.2 Å². The number of benzene rings is 1. The molecule has 2 N–H and O–H groups in total. The van der Waals surface area contributed by atoms with Crippen LogP contribution in [0.25, 0.3) is 5.57 Å². The molecule has 0 spiro atoms. The first kappa shape index (κ1) is 20.4. The van der Waals surface area contributed by atoms with Crippen molar-refractivity contribution in [2.24, 2.45) is 5.92 Å². The average Bonchev–Trinajstić information content (AvgIpc) is 2.69. The molecular weight excluding hydrogens is 350 g/mol. The Hall–Kier alpha value is -2.30. The zero-order valence-electron chi connectivity index (χ0n) is 16.9. The number of nitrogens with zero attached hydrogens (tertiary/aromatic N) is 1. The number of aliphatic hydroxyl groups is 2. The number of hydrogen-bond acceptors (Lipinski definition) is 4. The molecule has 0 bridgehead atoms. The molecule has 0 saturated carbocycles. The van der Waals surface area contributed by atoms with Crippen LogP contribution in [-0.2, 0) is 6.42 Å². The first-order valence-corrected chi connectivity index (χ1v) is 9.87. The Balaban J connectivity index is 1.75. The lowest BCUT2D eigenvalue weighted by atomic mass is 9.74. The lowest BCUT2D eigenvalue weighted by Crippen LogP contribution is -2.39. The summed E-state index contributed by atoms with van der Waals surface area (Å²) in [7, 11) is 0. The summed E-state index contributed by atoms with van der Waals surface area (Å²) in [6.45, 7) is 5.54. The van der Waals surface area contributed by atoms with E-state index in [-0.39, 0.29) is 18.3 Å². The Morgan fingerprint density at radius 1 is 1.21 bits per heavy atom. The van der Waals surface area contributed by atoms with Gasteiger partial charge in [-0.2, -0.15) is 0 Å². The summed E-state index contributed by atoms with van der Waals surface area (Å²) in [4.78, 5) is 16.6. The first-order valence-electron chi connectivity index (χ1n) is 9.87. The van der Waals surface area contributed by atoms with Gasteiger partial charge in [0.2, 0.25) is 0 Å². The molecule has 4 heteroatoms. The third kappa shape index (κ3) is 4.40. The lowest BCUT2D eigenvalue weighted by molar-refractivity contribution is -0.0487. The van der Waals surface area contributed by atoms with Crippen LogP contribution in [0.3, 0.4) is 0 Å². The molecule has 0 aliphatic heterocycles. The molecule has 1 heterocycles. The van der Waals surface area contributed by atoms with Crippen molar-refractivity contribution in [1.29, 1.82) is 0 Å². The van der Waals surface area contributed by atoms with E-state index in [1.807, 2.05) is 19.1 Å². The number of ketones is 1. The monoisotopic (exact) mass is 379 g/mol. The summed E-state index contributed by atoms with van der Waals surface area (Å²) in [6, 6.07) is 9.93. The van der Waals surface area contributed by atoms with Crippen molar-refractivity contribution in [3.05, 3.63) is 70.6 Å². The van der Waals surface area contributed by atoms with Gasteiger partial charge in [-0.05, 0) is 74.3 Å². The zero-order chi connectivity index (χ0) is 20.3. The van der Waals surface area contributed by atoms with Gasteiger partial charge in [0.15, 0.2) is 5.78 Å². The Morgan fingerprint density at radius 3 is 2.57 bits per heavy atom. The van der Waals surface area contributed by atoms with Crippen LogP contribution in [0.5, 0.6) is 0 Å². The smallest absolute Gasteiger partial charge is 0.167 e. The van der Waals surface area contributed by atoms with E-state index in [9.17, 15) is 15.0 Å². The van der Waals surface area contributed by atoms with Crippen LogP contribution in [0.15, 0.2) is 48.3 Å². The molecule has 0 amide bonds. The Kier molecular flexibility index (Phi) is 6.11. The van der Waals surface area contributed by atoms with E-state index in [1.54, 1.807) is 25.4 Å². The van der Waals surface area contributed by atoms with Gasteiger partial charge in [-0.15, -0.1) is 0 Å². The largest absolute Gasteiger partial charge is 0.393 e. The van der Waals surface area contributed by atoms with Gasteiger partial charge in [-0.1, -0.05) is 29.8 Å². The number of aromatic nitrogens is 1. The molecule has 3 rings (SSSR count). The third-order valence-corrected chi connectivity index (χ3v) is 6.02. The van der Waals surface area contributed by atoms with E-state index in [1.165, 1.54) is 11.1 Å². The van der Waals surface area contributed by atoms with Crippen LogP contribution in [0, 0.1) is 12.8 Å². The quantitative estimate of drug-likeness (QED) is 0.740. The van der Waals surface area contributed by atoms with Crippen molar-refractivity contribution in [1.82, 2.24) is 4.98 Å². The van der Waals surface area contributed by atoms with Gasteiger partial charge in [0.1, 0.15) is 0 Å². The number of carbonyl (C=O) groups excluding carboxylic acids is 1. The fourth-order valence-corrected chi connectivity index (χ4v) is 3.98. The summed E-state index contributed by atoms with van der Waals surface area (Å²) in [5.41, 5.74) is 5.26. The highest BCUT2D eigenvalue weighted by molar-refractivity contribution is 5.98. The van der Waals surface area contributed by atoms with Crippen molar-refractivity contribution in [2.75, 3.05) is 6.61 Å². The number of allylic oxidation sites excluding steroid dienone is 2. The molecule has 0 fully saturated rings. The molecule has 148 valence electrons. The Labute approximate surface area is 167 Å². The van der Waals surface area contributed by atoms with E-state index in [0.29, 0.717) is 6.42 Å². The number of Topliss-reactive ketones (excluding diaryl/α,β-unsaturated/α-hetero) is 1. The maximum absolute atomic E-state index is 12.6. The summed E-state index contributed by atoms with van der Waals surface area (Å²) in [6.07, 6.45) is 6.31. The fraction of sp³-hybridized carbons (Fsp3) is 0.417. The van der Waals surface area contributed by atoms with Crippen LogP contribution in [0.1, 0.15) is 60.2 Å². The SMILES string of the molecule is CC1=C(c2ccc(CC(=O)c3ccncc3C)cc2)C[C@H](C(C)(O)CO)CC1. The molecule has 1 aliphatic rings. The molecule has 1 aliphatic carbocycles. The summed E-state index contributed by atoms with van der Waals surface area (Å²) in [5.74, 6) is 0.145. The number of aliphatic hydroxyl groups excluding tert-OH is 1. The van der Waals surface area contributed by atoms with Crippen molar-refractivity contribution in [3.63, 3.8) is 0 Å². The maximum atomic E-state index is 12.6. The number of hydrogen-bond donors (Lipinski definition) is 2. The predicted molar refractivity (Wildman–Crippen MR) is 111 cm³/mol. The molecule has 4 nitrogen and oxygen atoms in total. The third-order valence-electron chi connectivity index (χ3n) is 6.02. The van der Waals surface area contributed by atoms with Crippen molar-refractivity contribution < 1.29 is 15.0 Å². The van der Waals surface area contributed by atoms with Crippen LogP contribution >= 0.6 is 0 Å². The molecule has 0 radical (unpaired) electrons. The van der Waals surface area contributed by atoms with Gasteiger partial charge >= 0.3 is 0 Å². The minimum Gasteiger partial charge on any atom is -0.393 e. The van der Waals surface area contributed by atoms with E-state index >= 15 is 0 Å². The van der Waals surface area contributed by atoms with Crippen LogP contribution < -0.4 is 0 Å². The fourth-order valence-electron chi connectivity index (χ4n) is 3.98. The second-order valence-corrected chi connectivity index (χ2v) is 8.20. The second-order valence-electron chi connectivity index (χ2n) is 8.20. The van der Waals surface area contributed by atoms with Crippen molar-refractivity contribution >= 4 is 11.4 Å². The van der Waals surface area contributed by atoms with Crippen molar-refractivity contribution in [3.8, 4) is 0 Å². The van der Waals surface area contributed by atoms with Gasteiger partial charge in [-0.25, -0.2) is 0 Å². The minimum atomic E-state index is -1.05. The highest BCUT2D eigenvalue weighted by Gasteiger charge is 2.34. The normalized spacial score (nSPS) is 19.4. The number of rotatable bonds is 6. The zero-order valence-corrected chi connectivity index (χ0v) is 16.9. The van der Waals surface area contributed by atoms with Crippen LogP contribution in [0.2, 0.25) is 0 Å². The van der Waals surface area contributed by atoms with Crippen LogP contribution in [0.4, 0.5) is 0 Å². The molecule has 1 aromatic carbocycles. The standard InChI is InChI=1S/C24H29NO3/c1-16-4-9-20(24(3,28)15-26)13-22(16)19-7-5-18(6-8-19)12-23(27)21-10-11-25-14-17(21)2/h5-8,10-11,14,20,26,28H,4,9,12-13,15H2,1-3H3/t20-,24?/m1/s1. The molecule has 28 heavy (non-hydrogen) atoms. The van der Waals surface area contributed by atoms with E-state index in [4.69, 9.17) is 0 Å². The number of aryl methyl sites for hydroxylation is 1. The lowest BCUT2D eigenvalue weighted by Gasteiger charge is -2.36. The van der Waals surface area contributed by atoms with Gasteiger partial charge in [-0.3, -0.25) is 9.78 Å². The molecular formula is C24H29NO3. The van der Waals surface area contributed by atoms with Gasteiger partial charge in [0.05, 0.1) is 12.2 Å². The van der Waals surface area contributed by atoms with E-state index < -0.39 is 5.60 Å². The number of carbonyl (C=O) groups is 1. The maximum Gasteiger partial charge on any atom is 0.167 e. The highest BCUT2D eigenvalue weighted by Crippen LogP contribution is 2.40. The molecule has 0 saturated heterocycles. The van der Waals surface area contributed by atoms with E-state index in [0.717, 1.165) is 41.5 Å². The summed E-state index contributed by atoms with van der Waals surface area (Å²) < 4.78 is 0. The number of pyridine rings is 1. The Morgan fingerprint density at radius 2 is 1.93 bits per heavy atom.